The van der Waals surface area contributed by atoms with Gasteiger partial charge in [-0.1, -0.05) is 34.8 Å². The topological polar surface area (TPSA) is 30.7 Å². The number of hydrogen-bond acceptors (Lipinski definition) is 2. The normalized spacial score (nSPS) is 11.1. The number of hydrogen-bond donors (Lipinski definition) is 0. The SMILES string of the molecule is Clc1cc2c(nnn2Cl)c(Cl)c1Cl. The van der Waals surface area contributed by atoms with Crippen LogP contribution in [0.25, 0.3) is 11.0 Å². The fourth-order valence-electron chi connectivity index (χ4n) is 0.941. The second-order valence-electron chi connectivity index (χ2n) is 2.30. The summed E-state index contributed by atoms with van der Waals surface area (Å²) in [5.41, 5.74) is 0.965. The average Bonchev–Trinajstić information content (AvgIpc) is 2.45. The van der Waals surface area contributed by atoms with Crippen molar-refractivity contribution in [3.8, 4) is 0 Å². The molecule has 1 heterocycles. The summed E-state index contributed by atoms with van der Waals surface area (Å²) in [6.45, 7) is 0. The summed E-state index contributed by atoms with van der Waals surface area (Å²) < 4.78 is 1.06. The molecule has 3 nitrogen and oxygen atoms in total. The predicted octanol–water partition coefficient (Wildman–Crippen LogP) is 3.39. The van der Waals surface area contributed by atoms with Crippen LogP contribution in [0.15, 0.2) is 6.07 Å². The third kappa shape index (κ3) is 1.36. The summed E-state index contributed by atoms with van der Waals surface area (Å²) in [6.07, 6.45) is 0. The van der Waals surface area contributed by atoms with Crippen LogP contribution in [-0.2, 0) is 0 Å². The maximum absolute atomic E-state index is 5.85. The lowest BCUT2D eigenvalue weighted by Crippen LogP contribution is -1.81. The van der Waals surface area contributed by atoms with Gasteiger partial charge in [0.15, 0.2) is 0 Å². The van der Waals surface area contributed by atoms with Gasteiger partial charge in [0, 0.05) is 11.8 Å². The summed E-state index contributed by atoms with van der Waals surface area (Å²) in [5, 5.41) is 8.14. The Morgan fingerprint density at radius 1 is 1.15 bits per heavy atom. The van der Waals surface area contributed by atoms with Gasteiger partial charge in [-0.3, -0.25) is 0 Å². The third-order valence-corrected chi connectivity index (χ3v) is 3.04. The van der Waals surface area contributed by atoms with E-state index in [9.17, 15) is 0 Å². The molecule has 0 saturated heterocycles. The van der Waals surface area contributed by atoms with Gasteiger partial charge in [-0.25, -0.2) is 0 Å². The van der Waals surface area contributed by atoms with Crippen molar-refractivity contribution in [1.29, 1.82) is 0 Å². The molecular weight excluding hydrogens is 256 g/mol. The van der Waals surface area contributed by atoms with Gasteiger partial charge in [-0.05, 0) is 11.3 Å². The molecule has 0 radical (unpaired) electrons. The Hall–Kier alpha value is -0.220. The minimum Gasteiger partial charge on any atom is -0.151 e. The summed E-state index contributed by atoms with van der Waals surface area (Å²) in [5.74, 6) is 0. The van der Waals surface area contributed by atoms with Crippen LogP contribution in [0, 0.1) is 0 Å². The van der Waals surface area contributed by atoms with E-state index in [2.05, 4.69) is 10.3 Å². The van der Waals surface area contributed by atoms with Crippen molar-refractivity contribution in [2.75, 3.05) is 0 Å². The molecule has 2 rings (SSSR count). The van der Waals surface area contributed by atoms with E-state index in [4.69, 9.17) is 46.6 Å². The standard InChI is InChI=1S/C6HCl4N3/c7-2-1-3-6(5(9)4(2)8)11-12-13(3)10/h1H. The highest BCUT2D eigenvalue weighted by atomic mass is 35.5. The van der Waals surface area contributed by atoms with E-state index in [1.54, 1.807) is 6.07 Å². The minimum absolute atomic E-state index is 0.257. The largest absolute Gasteiger partial charge is 0.151 e. The van der Waals surface area contributed by atoms with E-state index in [1.165, 1.54) is 0 Å². The van der Waals surface area contributed by atoms with Crippen molar-refractivity contribution in [1.82, 2.24) is 14.5 Å². The van der Waals surface area contributed by atoms with Gasteiger partial charge in [-0.2, -0.15) is 4.20 Å². The molecule has 0 amide bonds. The van der Waals surface area contributed by atoms with Gasteiger partial charge in [0.05, 0.1) is 15.1 Å². The molecule has 0 fully saturated rings. The van der Waals surface area contributed by atoms with E-state index in [0.29, 0.717) is 16.1 Å². The number of nitrogens with zero attached hydrogens (tertiary/aromatic N) is 3. The maximum atomic E-state index is 5.85. The zero-order chi connectivity index (χ0) is 9.59. The molecule has 0 aliphatic carbocycles. The van der Waals surface area contributed by atoms with Crippen LogP contribution in [-0.4, -0.2) is 14.5 Å². The van der Waals surface area contributed by atoms with Crippen molar-refractivity contribution >= 4 is 57.6 Å². The first-order chi connectivity index (χ1) is 6.11. The smallest absolute Gasteiger partial charge is 0.135 e. The number of halogens is 4. The van der Waals surface area contributed by atoms with Crippen LogP contribution in [0.5, 0.6) is 0 Å². The van der Waals surface area contributed by atoms with Crippen LogP contribution in [0.4, 0.5) is 0 Å². The van der Waals surface area contributed by atoms with Gasteiger partial charge in [0.1, 0.15) is 11.0 Å². The van der Waals surface area contributed by atoms with Gasteiger partial charge in [-0.15, -0.1) is 5.10 Å². The molecule has 0 bridgehead atoms. The Bertz CT molecular complexity index is 478. The van der Waals surface area contributed by atoms with Crippen LogP contribution in [0.2, 0.25) is 15.1 Å². The van der Waals surface area contributed by atoms with Gasteiger partial charge >= 0.3 is 0 Å². The highest BCUT2D eigenvalue weighted by Crippen LogP contribution is 2.35. The zero-order valence-electron chi connectivity index (χ0n) is 5.93. The first kappa shape index (κ1) is 9.34. The van der Waals surface area contributed by atoms with Crippen molar-refractivity contribution in [3.05, 3.63) is 21.1 Å². The summed E-state index contributed by atoms with van der Waals surface area (Å²) >= 11 is 23.1. The summed E-state index contributed by atoms with van der Waals surface area (Å²) in [7, 11) is 0. The second kappa shape index (κ2) is 3.17. The molecule has 0 spiro atoms. The minimum atomic E-state index is 0.257. The van der Waals surface area contributed by atoms with Crippen molar-refractivity contribution in [2.45, 2.75) is 0 Å². The number of benzene rings is 1. The Morgan fingerprint density at radius 3 is 2.54 bits per heavy atom. The Balaban J connectivity index is 2.96. The number of fused-ring (bicyclic) bond motifs is 1. The van der Waals surface area contributed by atoms with Crippen LogP contribution < -0.4 is 0 Å². The molecule has 0 N–H and O–H groups in total. The van der Waals surface area contributed by atoms with Crippen LogP contribution in [0.3, 0.4) is 0 Å². The first-order valence-electron chi connectivity index (χ1n) is 3.16. The monoisotopic (exact) mass is 255 g/mol. The van der Waals surface area contributed by atoms with E-state index >= 15 is 0 Å². The Morgan fingerprint density at radius 2 is 1.85 bits per heavy atom. The Labute approximate surface area is 93.2 Å². The lowest BCUT2D eigenvalue weighted by Gasteiger charge is -1.98. The molecular formula is C6HCl4N3. The van der Waals surface area contributed by atoms with Crippen molar-refractivity contribution in [3.63, 3.8) is 0 Å². The predicted molar refractivity (Wildman–Crippen MR) is 53.8 cm³/mol. The highest BCUT2D eigenvalue weighted by Gasteiger charge is 2.13. The fraction of sp³-hybridized carbons (Fsp3) is 0. The Kier molecular flexibility index (Phi) is 2.28. The molecule has 1 aromatic carbocycles. The molecule has 0 saturated carbocycles. The molecule has 0 aliphatic heterocycles. The quantitative estimate of drug-likeness (QED) is 0.677. The van der Waals surface area contributed by atoms with E-state index in [0.717, 1.165) is 4.20 Å². The van der Waals surface area contributed by atoms with E-state index in [1.807, 2.05) is 0 Å². The lowest BCUT2D eigenvalue weighted by molar-refractivity contribution is 0.899. The van der Waals surface area contributed by atoms with Gasteiger partial charge in [0.25, 0.3) is 0 Å². The molecule has 0 atom stereocenters. The molecule has 13 heavy (non-hydrogen) atoms. The van der Waals surface area contributed by atoms with Crippen LogP contribution in [0.1, 0.15) is 0 Å². The second-order valence-corrected chi connectivity index (χ2v) is 3.79. The molecule has 0 aliphatic rings. The van der Waals surface area contributed by atoms with Gasteiger partial charge in [0.2, 0.25) is 0 Å². The number of rotatable bonds is 0. The highest BCUT2D eigenvalue weighted by molar-refractivity contribution is 6.50. The average molecular weight is 257 g/mol. The van der Waals surface area contributed by atoms with E-state index in [-0.39, 0.29) is 10.0 Å². The zero-order valence-corrected chi connectivity index (χ0v) is 8.95. The van der Waals surface area contributed by atoms with E-state index < -0.39 is 0 Å². The fourth-order valence-corrected chi connectivity index (χ4v) is 1.73. The van der Waals surface area contributed by atoms with Gasteiger partial charge < -0.3 is 0 Å². The third-order valence-electron chi connectivity index (χ3n) is 1.54. The van der Waals surface area contributed by atoms with Crippen molar-refractivity contribution in [2.24, 2.45) is 0 Å². The molecule has 68 valence electrons. The molecule has 0 unspecified atom stereocenters. The van der Waals surface area contributed by atoms with Crippen LogP contribution >= 0.6 is 46.6 Å². The first-order valence-corrected chi connectivity index (χ1v) is 4.63. The summed E-state index contributed by atoms with van der Waals surface area (Å²) in [6, 6.07) is 1.55. The molecule has 1 aromatic heterocycles. The molecule has 7 heteroatoms. The summed E-state index contributed by atoms with van der Waals surface area (Å²) in [4.78, 5) is 0. The molecule has 2 aromatic rings. The lowest BCUT2D eigenvalue weighted by atomic mass is 10.3. The number of aromatic nitrogens is 3. The van der Waals surface area contributed by atoms with Crippen molar-refractivity contribution < 1.29 is 0 Å². The maximum Gasteiger partial charge on any atom is 0.135 e.